The van der Waals surface area contributed by atoms with Gasteiger partial charge in [0, 0.05) is 18.7 Å². The van der Waals surface area contributed by atoms with Crippen LogP contribution in [0.4, 0.5) is 5.95 Å². The molecule has 2 heterocycles. The van der Waals surface area contributed by atoms with Gasteiger partial charge in [-0.3, -0.25) is 14.7 Å². The van der Waals surface area contributed by atoms with E-state index < -0.39 is 0 Å². The number of imidazole rings is 1. The molecule has 2 aromatic heterocycles. The van der Waals surface area contributed by atoms with E-state index in [4.69, 9.17) is 0 Å². The van der Waals surface area contributed by atoms with Gasteiger partial charge in [0.05, 0.1) is 0 Å². The van der Waals surface area contributed by atoms with Crippen molar-refractivity contribution < 1.29 is 4.79 Å². The largest absolute Gasteiger partial charge is 0.296 e. The Morgan fingerprint density at radius 2 is 2.04 bits per heavy atom. The van der Waals surface area contributed by atoms with Crippen molar-refractivity contribution in [2.75, 3.05) is 5.32 Å². The number of carbonyl (C=O) groups is 1. The van der Waals surface area contributed by atoms with Gasteiger partial charge in [0.2, 0.25) is 11.9 Å². The first kappa shape index (κ1) is 19.1. The number of pyridine rings is 1. The Bertz CT molecular complexity index is 928. The lowest BCUT2D eigenvalue weighted by Crippen LogP contribution is -2.23. The summed E-state index contributed by atoms with van der Waals surface area (Å²) in [5.74, 6) is 0.792. The molecule has 0 saturated heterocycles. The van der Waals surface area contributed by atoms with Gasteiger partial charge in [-0.2, -0.15) is 0 Å². The smallest absolute Gasteiger partial charge is 0.227 e. The third kappa shape index (κ3) is 3.87. The van der Waals surface area contributed by atoms with E-state index in [1.807, 2.05) is 37.4 Å². The summed E-state index contributed by atoms with van der Waals surface area (Å²) in [7, 11) is 0. The topological polar surface area (TPSA) is 59.8 Å². The van der Waals surface area contributed by atoms with Crippen LogP contribution in [0, 0.1) is 6.92 Å². The van der Waals surface area contributed by atoms with Crippen LogP contribution in [0.15, 0.2) is 42.6 Å². The highest BCUT2D eigenvalue weighted by Crippen LogP contribution is 2.36. The monoisotopic (exact) mass is 364 g/mol. The zero-order chi connectivity index (χ0) is 18.1. The molecule has 1 aliphatic rings. The fraction of sp³-hybridized carbons (Fsp3) is 0.409. The number of aromatic nitrogens is 3. The number of benzene rings is 1. The minimum Gasteiger partial charge on any atom is -0.296 e. The maximum atomic E-state index is 12.6. The van der Waals surface area contributed by atoms with Gasteiger partial charge < -0.3 is 0 Å². The van der Waals surface area contributed by atoms with E-state index in [0.717, 1.165) is 29.6 Å². The summed E-state index contributed by atoms with van der Waals surface area (Å²) in [5.41, 5.74) is 3.97. The molecular formula is C22H28N4O. The first-order valence-corrected chi connectivity index (χ1v) is 9.31. The summed E-state index contributed by atoms with van der Waals surface area (Å²) >= 11 is 0. The molecule has 1 aromatic carbocycles. The van der Waals surface area contributed by atoms with Crippen molar-refractivity contribution in [2.24, 2.45) is 0 Å². The quantitative estimate of drug-likeness (QED) is 0.674. The van der Waals surface area contributed by atoms with Crippen molar-refractivity contribution in [1.82, 2.24) is 14.5 Å². The molecule has 27 heavy (non-hydrogen) atoms. The van der Waals surface area contributed by atoms with Crippen molar-refractivity contribution >= 4 is 23.0 Å². The molecule has 0 bridgehead atoms. The predicted molar refractivity (Wildman–Crippen MR) is 110 cm³/mol. The van der Waals surface area contributed by atoms with Gasteiger partial charge in [-0.15, -0.1) is 0 Å². The van der Waals surface area contributed by atoms with Crippen LogP contribution in [0.2, 0.25) is 0 Å². The first-order valence-electron chi connectivity index (χ1n) is 9.31. The third-order valence-corrected chi connectivity index (χ3v) is 5.22. The van der Waals surface area contributed by atoms with Crippen LogP contribution in [-0.2, 0) is 4.79 Å². The Morgan fingerprint density at radius 1 is 1.30 bits per heavy atom. The lowest BCUT2D eigenvalue weighted by atomic mass is 9.93. The second kappa shape index (κ2) is 7.91. The highest BCUT2D eigenvalue weighted by atomic mass is 16.1. The number of fused-ring (bicyclic) bond motifs is 1. The number of aryl methyl sites for hydroxylation is 1. The molecule has 0 aliphatic heterocycles. The highest BCUT2D eigenvalue weighted by Gasteiger charge is 2.26. The maximum absolute atomic E-state index is 12.6. The standard InChI is InChI=1S/C21H24N4O.CH4/c1-14-11-18-20(22-13-14)25(17-9-6-10-17)21(23-18)24-19(26)12-15(2)16-7-4-3-5-8-16;/h3-5,7-8,11,13,15,17H,6,9-10,12H2,1-2H3,(H,23,24,26);1H4/t15-;/m1./s1. The summed E-state index contributed by atoms with van der Waals surface area (Å²) in [6, 6.07) is 12.5. The normalized spacial score (nSPS) is 15.0. The third-order valence-electron chi connectivity index (χ3n) is 5.22. The average molecular weight is 364 g/mol. The molecule has 142 valence electrons. The molecule has 1 N–H and O–H groups in total. The van der Waals surface area contributed by atoms with Gasteiger partial charge in [0.15, 0.2) is 5.65 Å². The van der Waals surface area contributed by atoms with Gasteiger partial charge >= 0.3 is 0 Å². The van der Waals surface area contributed by atoms with Crippen LogP contribution in [0.25, 0.3) is 11.2 Å². The van der Waals surface area contributed by atoms with Crippen LogP contribution in [0.3, 0.4) is 0 Å². The van der Waals surface area contributed by atoms with E-state index in [-0.39, 0.29) is 19.3 Å². The van der Waals surface area contributed by atoms with Gasteiger partial charge in [0.1, 0.15) is 5.52 Å². The summed E-state index contributed by atoms with van der Waals surface area (Å²) in [5, 5.41) is 3.04. The Kier molecular flexibility index (Phi) is 5.59. The van der Waals surface area contributed by atoms with Crippen LogP contribution in [-0.4, -0.2) is 20.4 Å². The lowest BCUT2D eigenvalue weighted by molar-refractivity contribution is -0.116. The van der Waals surface area contributed by atoms with E-state index in [1.165, 1.54) is 12.0 Å². The summed E-state index contributed by atoms with van der Waals surface area (Å²) in [6.07, 6.45) is 5.75. The number of amides is 1. The van der Waals surface area contributed by atoms with Crippen LogP contribution in [0.1, 0.15) is 63.1 Å². The molecule has 1 amide bonds. The first-order chi connectivity index (χ1) is 12.6. The zero-order valence-electron chi connectivity index (χ0n) is 15.3. The van der Waals surface area contributed by atoms with Gasteiger partial charge in [-0.05, 0) is 49.3 Å². The van der Waals surface area contributed by atoms with Crippen molar-refractivity contribution in [3.05, 3.63) is 53.7 Å². The molecule has 0 spiro atoms. The summed E-state index contributed by atoms with van der Waals surface area (Å²) in [4.78, 5) is 21.9. The number of nitrogens with one attached hydrogen (secondary N) is 1. The average Bonchev–Trinajstić information content (AvgIpc) is 2.91. The fourth-order valence-electron chi connectivity index (χ4n) is 3.51. The maximum Gasteiger partial charge on any atom is 0.227 e. The number of nitrogens with zero attached hydrogens (tertiary/aromatic N) is 3. The molecule has 4 rings (SSSR count). The van der Waals surface area contributed by atoms with E-state index in [0.29, 0.717) is 18.4 Å². The SMILES string of the molecule is C.Cc1cnc2c(c1)nc(NC(=O)C[C@@H](C)c1ccccc1)n2C1CCC1. The molecule has 0 unspecified atom stereocenters. The molecule has 1 fully saturated rings. The Balaban J connectivity index is 0.00000210. The molecule has 1 atom stereocenters. The second-order valence-electron chi connectivity index (χ2n) is 7.31. The summed E-state index contributed by atoms with van der Waals surface area (Å²) in [6.45, 7) is 4.09. The lowest BCUT2D eigenvalue weighted by Gasteiger charge is -2.28. The van der Waals surface area contributed by atoms with E-state index >= 15 is 0 Å². The zero-order valence-corrected chi connectivity index (χ0v) is 15.3. The van der Waals surface area contributed by atoms with Gasteiger partial charge in [-0.1, -0.05) is 44.7 Å². The van der Waals surface area contributed by atoms with Gasteiger partial charge in [-0.25, -0.2) is 9.97 Å². The van der Waals surface area contributed by atoms with Crippen molar-refractivity contribution in [3.8, 4) is 0 Å². The van der Waals surface area contributed by atoms with Crippen LogP contribution in [0.5, 0.6) is 0 Å². The number of rotatable bonds is 5. The minimum atomic E-state index is -0.00560. The number of anilines is 1. The molecule has 1 saturated carbocycles. The van der Waals surface area contributed by atoms with E-state index in [2.05, 4.69) is 38.9 Å². The summed E-state index contributed by atoms with van der Waals surface area (Å²) < 4.78 is 2.11. The molecule has 0 radical (unpaired) electrons. The van der Waals surface area contributed by atoms with Crippen LogP contribution >= 0.6 is 0 Å². The van der Waals surface area contributed by atoms with Gasteiger partial charge in [0.25, 0.3) is 0 Å². The molecular weight excluding hydrogens is 336 g/mol. The Morgan fingerprint density at radius 3 is 2.70 bits per heavy atom. The minimum absolute atomic E-state index is 0. The number of hydrogen-bond acceptors (Lipinski definition) is 3. The van der Waals surface area contributed by atoms with E-state index in [1.54, 1.807) is 0 Å². The van der Waals surface area contributed by atoms with Crippen molar-refractivity contribution in [2.45, 2.75) is 58.9 Å². The Hall–Kier alpha value is -2.69. The molecule has 5 nitrogen and oxygen atoms in total. The second-order valence-corrected chi connectivity index (χ2v) is 7.31. The highest BCUT2D eigenvalue weighted by molar-refractivity contribution is 5.91. The molecule has 1 aliphatic carbocycles. The fourth-order valence-corrected chi connectivity index (χ4v) is 3.51. The van der Waals surface area contributed by atoms with Crippen LogP contribution < -0.4 is 5.32 Å². The molecule has 5 heteroatoms. The molecule has 3 aromatic rings. The number of hydrogen-bond donors (Lipinski definition) is 1. The van der Waals surface area contributed by atoms with Crippen molar-refractivity contribution in [3.63, 3.8) is 0 Å². The predicted octanol–water partition coefficient (Wildman–Crippen LogP) is 5.23. The number of carbonyl (C=O) groups excluding carboxylic acids is 1. The van der Waals surface area contributed by atoms with Crippen molar-refractivity contribution in [1.29, 1.82) is 0 Å². The van der Waals surface area contributed by atoms with E-state index in [9.17, 15) is 4.79 Å². The Labute approximate surface area is 160 Å².